The number of amides is 2. The van der Waals surface area contributed by atoms with Crippen LogP contribution in [-0.2, 0) is 9.59 Å². The summed E-state index contributed by atoms with van der Waals surface area (Å²) in [6, 6.07) is 0.388. The summed E-state index contributed by atoms with van der Waals surface area (Å²) in [4.78, 5) is 29.8. The van der Waals surface area contributed by atoms with Gasteiger partial charge in [0.15, 0.2) is 5.66 Å². The first-order chi connectivity index (χ1) is 14.1. The quantitative estimate of drug-likeness (QED) is 0.613. The molecule has 6 nitrogen and oxygen atoms in total. The van der Waals surface area contributed by atoms with Crippen LogP contribution >= 0.6 is 0 Å². The van der Waals surface area contributed by atoms with Gasteiger partial charge >= 0.3 is 0 Å². The third-order valence-corrected chi connectivity index (χ3v) is 7.24. The second kappa shape index (κ2) is 8.85. The molecule has 1 unspecified atom stereocenters. The van der Waals surface area contributed by atoms with Crippen LogP contribution in [0.3, 0.4) is 0 Å². The van der Waals surface area contributed by atoms with Crippen LogP contribution in [0.2, 0.25) is 0 Å². The maximum atomic E-state index is 12.8. The number of terminal acetylenes is 1. The highest BCUT2D eigenvalue weighted by molar-refractivity contribution is 5.81. The van der Waals surface area contributed by atoms with Crippen LogP contribution in [0.25, 0.3) is 0 Å². The third kappa shape index (κ3) is 4.99. The fourth-order valence-corrected chi connectivity index (χ4v) is 5.13. The molecule has 3 fully saturated rings. The van der Waals surface area contributed by atoms with Gasteiger partial charge in [-0.1, -0.05) is 12.8 Å². The zero-order valence-electron chi connectivity index (χ0n) is 17.5. The molecular formula is C23H34N4O2. The van der Waals surface area contributed by atoms with Crippen molar-refractivity contribution in [2.75, 3.05) is 19.6 Å². The number of hydrogen-bond donors (Lipinski definition) is 0. The molecule has 0 aromatic carbocycles. The Labute approximate surface area is 174 Å². The first-order valence-electron chi connectivity index (χ1n) is 11.6. The molecule has 1 aliphatic carbocycles. The first kappa shape index (κ1) is 20.4. The van der Waals surface area contributed by atoms with Crippen molar-refractivity contribution in [2.45, 2.75) is 88.8 Å². The van der Waals surface area contributed by atoms with E-state index in [9.17, 15) is 9.59 Å². The van der Waals surface area contributed by atoms with Crippen molar-refractivity contribution in [3.05, 3.63) is 0 Å². The first-order valence-corrected chi connectivity index (χ1v) is 11.6. The molecule has 1 atom stereocenters. The van der Waals surface area contributed by atoms with Crippen molar-refractivity contribution in [3.63, 3.8) is 0 Å². The number of carbonyl (C=O) groups excluding carboxylic acids is 2. The standard InChI is InChI=1S/C23H34N4O2/c1-2-3-13-23(24-25-23)14-10-21(28)26-16-11-18(12-17-26)20-7-5-4-6-15-27(20)22(29)19-8-9-19/h1,18-20H,3-17H2. The van der Waals surface area contributed by atoms with Gasteiger partial charge in [-0.2, -0.15) is 10.2 Å². The Kier molecular flexibility index (Phi) is 6.22. The molecule has 6 heteroatoms. The summed E-state index contributed by atoms with van der Waals surface area (Å²) in [5.74, 6) is 4.10. The number of carbonyl (C=O) groups is 2. The third-order valence-electron chi connectivity index (χ3n) is 7.24. The lowest BCUT2D eigenvalue weighted by molar-refractivity contribution is -0.138. The molecule has 4 rings (SSSR count). The lowest BCUT2D eigenvalue weighted by Crippen LogP contribution is -2.49. The highest BCUT2D eigenvalue weighted by Crippen LogP contribution is 2.39. The van der Waals surface area contributed by atoms with Gasteiger partial charge in [0.05, 0.1) is 0 Å². The van der Waals surface area contributed by atoms with E-state index in [0.717, 1.165) is 64.6 Å². The van der Waals surface area contributed by atoms with Crippen molar-refractivity contribution in [1.82, 2.24) is 9.80 Å². The predicted octanol–water partition coefficient (Wildman–Crippen LogP) is 3.76. The van der Waals surface area contributed by atoms with Gasteiger partial charge in [-0.25, -0.2) is 0 Å². The van der Waals surface area contributed by atoms with Gasteiger partial charge < -0.3 is 9.80 Å². The normalized spacial score (nSPS) is 26.7. The number of hydrogen-bond acceptors (Lipinski definition) is 4. The Morgan fingerprint density at radius 2 is 1.72 bits per heavy atom. The van der Waals surface area contributed by atoms with Gasteiger partial charge in [-0.15, -0.1) is 12.3 Å². The molecule has 4 aliphatic rings. The number of likely N-dealkylation sites (tertiary alicyclic amines) is 2. The molecule has 3 aliphatic heterocycles. The van der Waals surface area contributed by atoms with Gasteiger partial charge in [0.25, 0.3) is 0 Å². The van der Waals surface area contributed by atoms with Crippen LogP contribution in [0.1, 0.15) is 77.0 Å². The maximum absolute atomic E-state index is 12.8. The Bertz CT molecular complexity index is 679. The molecule has 158 valence electrons. The summed E-state index contributed by atoms with van der Waals surface area (Å²) in [5, 5.41) is 8.27. The van der Waals surface area contributed by atoms with E-state index in [1.165, 1.54) is 12.8 Å². The van der Waals surface area contributed by atoms with Gasteiger partial charge in [0.1, 0.15) is 0 Å². The molecule has 1 saturated carbocycles. The number of piperidine rings is 1. The monoisotopic (exact) mass is 398 g/mol. The topological polar surface area (TPSA) is 65.3 Å². The summed E-state index contributed by atoms with van der Waals surface area (Å²) in [6.45, 7) is 2.57. The second-order valence-electron chi connectivity index (χ2n) is 9.33. The van der Waals surface area contributed by atoms with E-state index in [1.54, 1.807) is 0 Å². The summed E-state index contributed by atoms with van der Waals surface area (Å²) in [5.41, 5.74) is -0.371. The van der Waals surface area contributed by atoms with E-state index < -0.39 is 0 Å². The van der Waals surface area contributed by atoms with E-state index in [2.05, 4.69) is 21.0 Å². The molecule has 0 aromatic rings. The highest BCUT2D eigenvalue weighted by Gasteiger charge is 2.41. The molecule has 0 N–H and O–H groups in total. The molecule has 2 amide bonds. The van der Waals surface area contributed by atoms with Crippen LogP contribution in [0.5, 0.6) is 0 Å². The number of nitrogens with zero attached hydrogens (tertiary/aromatic N) is 4. The van der Waals surface area contributed by atoms with Crippen LogP contribution in [0, 0.1) is 24.2 Å². The molecule has 2 saturated heterocycles. The van der Waals surface area contributed by atoms with Crippen LogP contribution in [0.15, 0.2) is 10.2 Å². The molecule has 0 spiro atoms. The van der Waals surface area contributed by atoms with Gasteiger partial charge in [0.2, 0.25) is 11.8 Å². The van der Waals surface area contributed by atoms with Crippen molar-refractivity contribution in [2.24, 2.45) is 22.1 Å². The largest absolute Gasteiger partial charge is 0.343 e. The van der Waals surface area contributed by atoms with E-state index >= 15 is 0 Å². The number of rotatable bonds is 7. The van der Waals surface area contributed by atoms with Crippen molar-refractivity contribution in [3.8, 4) is 12.3 Å². The Hall–Kier alpha value is -1.90. The lowest BCUT2D eigenvalue weighted by atomic mass is 9.85. The minimum absolute atomic E-state index is 0.215. The average Bonchev–Trinajstić information content (AvgIpc) is 3.65. The lowest BCUT2D eigenvalue weighted by Gasteiger charge is -2.41. The minimum atomic E-state index is -0.371. The Balaban J connectivity index is 1.26. The average molecular weight is 399 g/mol. The molecule has 0 radical (unpaired) electrons. The molecule has 3 heterocycles. The van der Waals surface area contributed by atoms with Gasteiger partial charge in [-0.05, 0) is 44.4 Å². The summed E-state index contributed by atoms with van der Waals surface area (Å²) in [6.07, 6.45) is 16.9. The molecule has 0 aromatic heterocycles. The predicted molar refractivity (Wildman–Crippen MR) is 111 cm³/mol. The van der Waals surface area contributed by atoms with Crippen LogP contribution < -0.4 is 0 Å². The summed E-state index contributed by atoms with van der Waals surface area (Å²) in [7, 11) is 0. The molecule has 0 bridgehead atoms. The molecule has 29 heavy (non-hydrogen) atoms. The zero-order valence-corrected chi connectivity index (χ0v) is 17.5. The van der Waals surface area contributed by atoms with Crippen molar-refractivity contribution < 1.29 is 9.59 Å². The maximum Gasteiger partial charge on any atom is 0.225 e. The van der Waals surface area contributed by atoms with E-state index in [1.807, 2.05) is 4.90 Å². The second-order valence-corrected chi connectivity index (χ2v) is 9.33. The fourth-order valence-electron chi connectivity index (χ4n) is 5.13. The van der Waals surface area contributed by atoms with E-state index in [0.29, 0.717) is 43.0 Å². The zero-order chi connectivity index (χ0) is 20.3. The summed E-state index contributed by atoms with van der Waals surface area (Å²) < 4.78 is 0. The smallest absolute Gasteiger partial charge is 0.225 e. The summed E-state index contributed by atoms with van der Waals surface area (Å²) >= 11 is 0. The van der Waals surface area contributed by atoms with Crippen LogP contribution in [-0.4, -0.2) is 53.0 Å². The van der Waals surface area contributed by atoms with Gasteiger partial charge in [-0.3, -0.25) is 9.59 Å². The Morgan fingerprint density at radius 1 is 0.966 bits per heavy atom. The minimum Gasteiger partial charge on any atom is -0.343 e. The van der Waals surface area contributed by atoms with E-state index in [-0.39, 0.29) is 11.6 Å². The van der Waals surface area contributed by atoms with Crippen molar-refractivity contribution >= 4 is 11.8 Å². The van der Waals surface area contributed by atoms with Crippen molar-refractivity contribution in [1.29, 1.82) is 0 Å². The highest BCUT2D eigenvalue weighted by atomic mass is 16.2. The van der Waals surface area contributed by atoms with Crippen LogP contribution in [0.4, 0.5) is 0 Å². The van der Waals surface area contributed by atoms with E-state index in [4.69, 9.17) is 6.42 Å². The van der Waals surface area contributed by atoms with Gasteiger partial charge in [0, 0.05) is 57.3 Å². The molecular weight excluding hydrogens is 364 g/mol. The fraction of sp³-hybridized carbons (Fsp3) is 0.826. The Morgan fingerprint density at radius 3 is 2.38 bits per heavy atom. The SMILES string of the molecule is C#CCCC1(CCC(=O)N2CCC(C3CCCCCN3C(=O)C3CC3)CC2)N=N1.